The van der Waals surface area contributed by atoms with Crippen molar-refractivity contribution in [2.75, 3.05) is 32.7 Å². The summed E-state index contributed by atoms with van der Waals surface area (Å²) in [4.78, 5) is 4.79. The van der Waals surface area contributed by atoms with Crippen LogP contribution in [0.5, 0.6) is 0 Å². The fourth-order valence-corrected chi connectivity index (χ4v) is 2.08. The van der Waals surface area contributed by atoms with Crippen molar-refractivity contribution in [1.29, 1.82) is 0 Å². The molecule has 1 heterocycles. The van der Waals surface area contributed by atoms with Crippen LogP contribution >= 0.6 is 13.6 Å². The molecule has 2 nitrogen and oxygen atoms in total. The van der Waals surface area contributed by atoms with Crippen molar-refractivity contribution in [1.82, 2.24) is 9.80 Å². The molecule has 1 aromatic carbocycles. The average Bonchev–Trinajstić information content (AvgIpc) is 2.42. The molecule has 5 heteroatoms. The van der Waals surface area contributed by atoms with E-state index in [9.17, 15) is 4.39 Å². The molecule has 1 saturated heterocycles. The van der Waals surface area contributed by atoms with Gasteiger partial charge in [0.25, 0.3) is 0 Å². The summed E-state index contributed by atoms with van der Waals surface area (Å²) in [7, 11) is 0. The van der Waals surface area contributed by atoms with Gasteiger partial charge in [-0.15, -0.1) is 17.7 Å². The SMILES string of the molecule is CCN1CCN(Cc2[c-]ccc(F)c2)CC1.[Zn+][Br]. The first kappa shape index (κ1) is 16.2. The second-order valence-corrected chi connectivity index (χ2v) is 4.24. The summed E-state index contributed by atoms with van der Waals surface area (Å²) in [5, 5.41) is 0. The monoisotopic (exact) mass is 364 g/mol. The van der Waals surface area contributed by atoms with Gasteiger partial charge in [-0.1, -0.05) is 6.92 Å². The van der Waals surface area contributed by atoms with Crippen molar-refractivity contribution >= 4 is 13.6 Å². The summed E-state index contributed by atoms with van der Waals surface area (Å²) >= 11 is 4.25. The predicted octanol–water partition coefficient (Wildman–Crippen LogP) is 2.61. The number of hydrogen-bond donors (Lipinski definition) is 0. The van der Waals surface area contributed by atoms with E-state index in [4.69, 9.17) is 0 Å². The van der Waals surface area contributed by atoms with E-state index in [0.717, 1.165) is 44.8 Å². The van der Waals surface area contributed by atoms with Crippen molar-refractivity contribution in [2.24, 2.45) is 0 Å². The summed E-state index contributed by atoms with van der Waals surface area (Å²) in [6.45, 7) is 8.50. The molecule has 0 spiro atoms. The third-order valence-corrected chi connectivity index (χ3v) is 3.13. The van der Waals surface area contributed by atoms with Gasteiger partial charge in [0.05, 0.1) is 0 Å². The van der Waals surface area contributed by atoms with Crippen molar-refractivity contribution in [3.8, 4) is 0 Å². The summed E-state index contributed by atoms with van der Waals surface area (Å²) < 4.78 is 13.0. The molecular formula is C13H18BrFN2Zn. The fourth-order valence-electron chi connectivity index (χ4n) is 2.08. The standard InChI is InChI=1S/C13H18FN2.BrH.Zn/c1-2-15-6-8-16(9-7-15)11-12-4-3-5-13(14)10-12;;/h3,5,10H,2,6-9,11H2,1H3;1H;/q-1;;+2/p-1. The molecule has 1 aromatic rings. The van der Waals surface area contributed by atoms with Gasteiger partial charge in [-0.05, 0) is 6.54 Å². The zero-order valence-corrected chi connectivity index (χ0v) is 15.4. The van der Waals surface area contributed by atoms with Crippen LogP contribution in [-0.4, -0.2) is 42.5 Å². The van der Waals surface area contributed by atoms with Crippen LogP contribution in [0.25, 0.3) is 0 Å². The summed E-state index contributed by atoms with van der Waals surface area (Å²) in [5.41, 5.74) is 0.949. The van der Waals surface area contributed by atoms with Gasteiger partial charge < -0.3 is 4.90 Å². The minimum absolute atomic E-state index is 0.166. The van der Waals surface area contributed by atoms with Crippen LogP contribution in [0.3, 0.4) is 0 Å². The predicted molar refractivity (Wildman–Crippen MR) is 71.6 cm³/mol. The molecule has 18 heavy (non-hydrogen) atoms. The van der Waals surface area contributed by atoms with Crippen molar-refractivity contribution in [3.63, 3.8) is 0 Å². The van der Waals surface area contributed by atoms with Gasteiger partial charge >= 0.3 is 30.0 Å². The maximum absolute atomic E-state index is 13.0. The molecule has 0 aromatic heterocycles. The Morgan fingerprint density at radius 1 is 1.28 bits per heavy atom. The molecule has 0 N–H and O–H groups in total. The minimum atomic E-state index is -0.166. The summed E-state index contributed by atoms with van der Waals surface area (Å²) in [6.07, 6.45) is 0. The van der Waals surface area contributed by atoms with Gasteiger partial charge in [-0.2, -0.15) is 12.1 Å². The third-order valence-electron chi connectivity index (χ3n) is 3.13. The number of hydrogen-bond acceptors (Lipinski definition) is 2. The van der Waals surface area contributed by atoms with E-state index in [1.807, 2.05) is 0 Å². The zero-order chi connectivity index (χ0) is 13.4. The topological polar surface area (TPSA) is 6.48 Å². The van der Waals surface area contributed by atoms with Gasteiger partial charge in [0, 0.05) is 38.5 Å². The Balaban J connectivity index is 0.000000771. The van der Waals surface area contributed by atoms with Gasteiger partial charge in [0.1, 0.15) is 0 Å². The quantitative estimate of drug-likeness (QED) is 0.599. The first-order chi connectivity index (χ1) is 8.78. The van der Waals surface area contributed by atoms with Gasteiger partial charge in [0.2, 0.25) is 0 Å². The van der Waals surface area contributed by atoms with E-state index in [0.29, 0.717) is 0 Å². The Kier molecular flexibility index (Phi) is 8.24. The number of benzene rings is 1. The van der Waals surface area contributed by atoms with E-state index in [-0.39, 0.29) is 5.82 Å². The molecule has 0 bridgehead atoms. The van der Waals surface area contributed by atoms with Crippen molar-refractivity contribution in [3.05, 3.63) is 35.6 Å². The molecule has 1 aliphatic heterocycles. The third kappa shape index (κ3) is 5.44. The van der Waals surface area contributed by atoms with Gasteiger partial charge in [-0.3, -0.25) is 4.90 Å². The van der Waals surface area contributed by atoms with Crippen molar-refractivity contribution in [2.45, 2.75) is 13.5 Å². The van der Waals surface area contributed by atoms with Crippen LogP contribution < -0.4 is 0 Å². The van der Waals surface area contributed by atoms with E-state index >= 15 is 0 Å². The molecule has 1 fully saturated rings. The normalized spacial score (nSPS) is 17.2. The molecule has 96 valence electrons. The molecule has 0 aliphatic carbocycles. The van der Waals surface area contributed by atoms with E-state index in [1.54, 1.807) is 12.1 Å². The second kappa shape index (κ2) is 9.14. The van der Waals surface area contributed by atoms with Crippen LogP contribution in [0.4, 0.5) is 4.39 Å². The van der Waals surface area contributed by atoms with Gasteiger partial charge in [-0.25, -0.2) is 4.39 Å². The van der Waals surface area contributed by atoms with Crippen LogP contribution in [0, 0.1) is 11.9 Å². The molecule has 0 saturated carbocycles. The van der Waals surface area contributed by atoms with Crippen LogP contribution in [0.1, 0.15) is 12.5 Å². The van der Waals surface area contributed by atoms with Crippen LogP contribution in [-0.2, 0) is 22.9 Å². The maximum atomic E-state index is 13.0. The fraction of sp³-hybridized carbons (Fsp3) is 0.538. The summed E-state index contributed by atoms with van der Waals surface area (Å²) in [5.74, 6) is -0.166. The Morgan fingerprint density at radius 2 is 1.89 bits per heavy atom. The number of likely N-dealkylation sites (N-methyl/N-ethyl adjacent to an activating group) is 1. The first-order valence-corrected chi connectivity index (χ1v) is 13.1. The van der Waals surface area contributed by atoms with E-state index in [1.165, 1.54) is 22.4 Å². The van der Waals surface area contributed by atoms with Gasteiger partial charge in [0.15, 0.2) is 0 Å². The average molecular weight is 367 g/mol. The van der Waals surface area contributed by atoms with Crippen molar-refractivity contribution < 1.29 is 20.7 Å². The van der Waals surface area contributed by atoms with E-state index in [2.05, 4.69) is 36.4 Å². The number of nitrogens with zero attached hydrogens (tertiary/aromatic N) is 2. The second-order valence-electron chi connectivity index (χ2n) is 4.24. The molecular weight excluding hydrogens is 348 g/mol. The Bertz CT molecular complexity index is 344. The number of piperazine rings is 1. The molecule has 1 aliphatic rings. The van der Waals surface area contributed by atoms with E-state index < -0.39 is 0 Å². The number of rotatable bonds is 3. The van der Waals surface area contributed by atoms with Crippen LogP contribution in [0.15, 0.2) is 18.2 Å². The molecule has 0 radical (unpaired) electrons. The summed E-state index contributed by atoms with van der Waals surface area (Å²) in [6, 6.07) is 7.76. The molecule has 0 unspecified atom stereocenters. The van der Waals surface area contributed by atoms with Crippen LogP contribution in [0.2, 0.25) is 0 Å². The Morgan fingerprint density at radius 3 is 2.44 bits per heavy atom. The molecule has 0 amide bonds. The molecule has 2 rings (SSSR count). The number of halogens is 2. The zero-order valence-electron chi connectivity index (χ0n) is 10.8. The Labute approximate surface area is 126 Å². The molecule has 0 atom stereocenters. The Hall–Kier alpha value is 0.173. The first-order valence-electron chi connectivity index (χ1n) is 6.15.